The van der Waals surface area contributed by atoms with E-state index in [2.05, 4.69) is 15.9 Å². The summed E-state index contributed by atoms with van der Waals surface area (Å²) in [6.07, 6.45) is 0. The van der Waals surface area contributed by atoms with Crippen LogP contribution in [0.25, 0.3) is 0 Å². The van der Waals surface area contributed by atoms with Gasteiger partial charge in [0.25, 0.3) is 0 Å². The Hall–Kier alpha value is -1.07. The van der Waals surface area contributed by atoms with Crippen LogP contribution in [0, 0.1) is 22.7 Å². The van der Waals surface area contributed by atoms with Crippen LogP contribution in [0.4, 0.5) is 0 Å². The number of halogens is 1. The molecule has 0 spiro atoms. The minimum atomic E-state index is -0.348. The number of nitrogens with zero attached hydrogens (tertiary/aromatic N) is 3. The number of carbonyl (C=O) groups is 1. The van der Waals surface area contributed by atoms with E-state index in [1.165, 1.54) is 4.90 Å². The molecule has 0 aliphatic rings. The topological polar surface area (TPSA) is 67.9 Å². The molecule has 0 fully saturated rings. The molecule has 0 rings (SSSR count). The van der Waals surface area contributed by atoms with Crippen LogP contribution >= 0.6 is 15.9 Å². The molecule has 0 aromatic rings. The fourth-order valence-corrected chi connectivity index (χ4v) is 0.924. The molecule has 5 heteroatoms. The fraction of sp³-hybridized carbons (Fsp3) is 0.571. The van der Waals surface area contributed by atoms with Gasteiger partial charge in [-0.1, -0.05) is 15.9 Å². The number of nitriles is 2. The Morgan fingerprint density at radius 1 is 1.50 bits per heavy atom. The maximum Gasteiger partial charge on any atom is 0.237 e. The molecule has 1 unspecified atom stereocenters. The van der Waals surface area contributed by atoms with Crippen molar-refractivity contribution >= 4 is 21.8 Å². The maximum atomic E-state index is 11.2. The van der Waals surface area contributed by atoms with Crippen molar-refractivity contribution in [2.75, 3.05) is 13.1 Å². The van der Waals surface area contributed by atoms with Crippen molar-refractivity contribution in [3.05, 3.63) is 0 Å². The normalized spacial score (nSPS) is 11.0. The van der Waals surface area contributed by atoms with Gasteiger partial charge in [-0.3, -0.25) is 4.79 Å². The van der Waals surface area contributed by atoms with Crippen LogP contribution in [0.5, 0.6) is 0 Å². The summed E-state index contributed by atoms with van der Waals surface area (Å²) in [5, 5.41) is 16.7. The van der Waals surface area contributed by atoms with E-state index in [1.54, 1.807) is 6.92 Å². The third-order valence-corrected chi connectivity index (χ3v) is 1.57. The lowest BCUT2D eigenvalue weighted by atomic mass is 10.4. The monoisotopic (exact) mass is 229 g/mol. The summed E-state index contributed by atoms with van der Waals surface area (Å²) >= 11 is 3.07. The predicted octanol–water partition coefficient (Wildman–Crippen LogP) is 0.646. The molecule has 0 heterocycles. The Balaban J connectivity index is 4.23. The first-order valence-electron chi connectivity index (χ1n) is 3.30. The molecule has 4 nitrogen and oxygen atoms in total. The van der Waals surface area contributed by atoms with Crippen molar-refractivity contribution in [3.8, 4) is 12.1 Å². The first-order valence-corrected chi connectivity index (χ1v) is 4.21. The van der Waals surface area contributed by atoms with E-state index in [9.17, 15) is 4.79 Å². The van der Waals surface area contributed by atoms with Crippen molar-refractivity contribution in [1.82, 2.24) is 4.90 Å². The van der Waals surface area contributed by atoms with E-state index in [4.69, 9.17) is 10.5 Å². The van der Waals surface area contributed by atoms with Gasteiger partial charge in [-0.25, -0.2) is 0 Å². The Labute approximate surface area is 79.5 Å². The second kappa shape index (κ2) is 5.56. The third kappa shape index (κ3) is 3.36. The van der Waals surface area contributed by atoms with Crippen molar-refractivity contribution in [1.29, 1.82) is 10.5 Å². The van der Waals surface area contributed by atoms with E-state index in [0.29, 0.717) is 0 Å². The summed E-state index contributed by atoms with van der Waals surface area (Å²) in [4.78, 5) is 12.0. The quantitative estimate of drug-likeness (QED) is 0.527. The summed E-state index contributed by atoms with van der Waals surface area (Å²) < 4.78 is 0. The van der Waals surface area contributed by atoms with E-state index < -0.39 is 0 Å². The first-order chi connectivity index (χ1) is 5.63. The fourth-order valence-electron chi connectivity index (χ4n) is 0.634. The highest BCUT2D eigenvalue weighted by Gasteiger charge is 2.16. The molecule has 0 aliphatic carbocycles. The Bertz CT molecular complexity index is 222. The van der Waals surface area contributed by atoms with Gasteiger partial charge in [0.1, 0.15) is 13.1 Å². The molecule has 0 radical (unpaired) electrons. The van der Waals surface area contributed by atoms with Crippen molar-refractivity contribution in [3.63, 3.8) is 0 Å². The maximum absolute atomic E-state index is 11.2. The minimum absolute atomic E-state index is 0.0394. The third-order valence-electron chi connectivity index (χ3n) is 1.18. The summed E-state index contributed by atoms with van der Waals surface area (Å²) in [7, 11) is 0. The summed E-state index contributed by atoms with van der Waals surface area (Å²) in [6, 6.07) is 3.64. The van der Waals surface area contributed by atoms with Crippen LogP contribution < -0.4 is 0 Å². The standard InChI is InChI=1S/C7H8BrN3O/c1-6(8)7(12)11(4-2-9)5-3-10/h6H,4-5H2,1H3. The molecule has 0 aliphatic heterocycles. The minimum Gasteiger partial charge on any atom is -0.315 e. The molecule has 0 saturated carbocycles. The second-order valence-corrected chi connectivity index (χ2v) is 3.50. The van der Waals surface area contributed by atoms with E-state index in [0.717, 1.165) is 0 Å². The van der Waals surface area contributed by atoms with E-state index >= 15 is 0 Å². The van der Waals surface area contributed by atoms with Gasteiger partial charge in [-0.15, -0.1) is 0 Å². The average molecular weight is 230 g/mol. The van der Waals surface area contributed by atoms with Gasteiger partial charge in [-0.05, 0) is 6.92 Å². The van der Waals surface area contributed by atoms with Gasteiger partial charge in [0.15, 0.2) is 0 Å². The average Bonchev–Trinajstić information content (AvgIpc) is 2.03. The largest absolute Gasteiger partial charge is 0.315 e. The summed E-state index contributed by atoms with van der Waals surface area (Å²) in [5.41, 5.74) is 0. The SMILES string of the molecule is CC(Br)C(=O)N(CC#N)CC#N. The van der Waals surface area contributed by atoms with Crippen molar-refractivity contribution < 1.29 is 4.79 Å². The lowest BCUT2D eigenvalue weighted by Gasteiger charge is -2.16. The summed E-state index contributed by atoms with van der Waals surface area (Å²) in [6.45, 7) is 1.58. The highest BCUT2D eigenvalue weighted by Crippen LogP contribution is 2.02. The van der Waals surface area contributed by atoms with Gasteiger partial charge in [0.05, 0.1) is 17.0 Å². The van der Waals surface area contributed by atoms with Gasteiger partial charge < -0.3 is 4.90 Å². The molecule has 0 aromatic carbocycles. The number of hydrogen-bond acceptors (Lipinski definition) is 3. The number of alkyl halides is 1. The lowest BCUT2D eigenvalue weighted by molar-refractivity contribution is -0.129. The smallest absolute Gasteiger partial charge is 0.237 e. The zero-order valence-corrected chi connectivity index (χ0v) is 8.21. The van der Waals surface area contributed by atoms with Gasteiger partial charge in [0, 0.05) is 0 Å². The van der Waals surface area contributed by atoms with E-state index in [1.807, 2.05) is 12.1 Å². The van der Waals surface area contributed by atoms with Crippen molar-refractivity contribution in [2.45, 2.75) is 11.8 Å². The molecule has 1 amide bonds. The number of hydrogen-bond donors (Lipinski definition) is 0. The van der Waals surface area contributed by atoms with Crippen LogP contribution in [0.2, 0.25) is 0 Å². The number of rotatable bonds is 3. The zero-order valence-electron chi connectivity index (χ0n) is 6.62. The molecule has 0 N–H and O–H groups in total. The molecule has 0 bridgehead atoms. The Morgan fingerprint density at radius 2 is 1.92 bits per heavy atom. The number of carbonyl (C=O) groups excluding carboxylic acids is 1. The van der Waals surface area contributed by atoms with Gasteiger partial charge >= 0.3 is 0 Å². The van der Waals surface area contributed by atoms with Crippen LogP contribution in [0.15, 0.2) is 0 Å². The molecule has 0 saturated heterocycles. The molecular formula is C7H8BrN3O. The molecule has 12 heavy (non-hydrogen) atoms. The van der Waals surface area contributed by atoms with E-state index in [-0.39, 0.29) is 23.8 Å². The molecule has 64 valence electrons. The number of amides is 1. The molecule has 0 aromatic heterocycles. The molecule has 1 atom stereocenters. The second-order valence-electron chi connectivity index (χ2n) is 2.13. The van der Waals surface area contributed by atoms with Crippen LogP contribution in [0.1, 0.15) is 6.92 Å². The first kappa shape index (κ1) is 10.9. The lowest BCUT2D eigenvalue weighted by Crippen LogP contribution is -2.36. The Morgan fingerprint density at radius 3 is 2.17 bits per heavy atom. The predicted molar refractivity (Wildman–Crippen MR) is 46.2 cm³/mol. The van der Waals surface area contributed by atoms with Crippen LogP contribution in [-0.2, 0) is 4.79 Å². The summed E-state index contributed by atoms with van der Waals surface area (Å²) in [5.74, 6) is -0.238. The Kier molecular flexibility index (Phi) is 5.07. The van der Waals surface area contributed by atoms with Crippen LogP contribution in [-0.4, -0.2) is 28.7 Å². The van der Waals surface area contributed by atoms with Crippen molar-refractivity contribution in [2.24, 2.45) is 0 Å². The highest BCUT2D eigenvalue weighted by molar-refractivity contribution is 9.10. The van der Waals surface area contributed by atoms with Gasteiger partial charge in [0.2, 0.25) is 5.91 Å². The molecular weight excluding hydrogens is 222 g/mol. The van der Waals surface area contributed by atoms with Gasteiger partial charge in [-0.2, -0.15) is 10.5 Å². The van der Waals surface area contributed by atoms with Crippen LogP contribution in [0.3, 0.4) is 0 Å². The highest BCUT2D eigenvalue weighted by atomic mass is 79.9. The zero-order chi connectivity index (χ0) is 9.56.